The largest absolute Gasteiger partial charge is 0.507 e. The van der Waals surface area contributed by atoms with Gasteiger partial charge in [0.05, 0.1) is 0 Å². The zero-order valence-electron chi connectivity index (χ0n) is 9.93. The Hall–Kier alpha value is -2.01. The maximum atomic E-state index is 11.9. The van der Waals surface area contributed by atoms with E-state index < -0.39 is 5.91 Å². The number of amides is 1. The van der Waals surface area contributed by atoms with Crippen LogP contribution >= 0.6 is 15.9 Å². The second kappa shape index (κ2) is 5.75. The van der Waals surface area contributed by atoms with Crippen LogP contribution in [0.25, 0.3) is 0 Å². The van der Waals surface area contributed by atoms with Crippen molar-refractivity contribution in [1.29, 1.82) is 0 Å². The molecule has 0 aliphatic heterocycles. The fraction of sp³-hybridized carbons (Fsp3) is 0.0714. The summed E-state index contributed by atoms with van der Waals surface area (Å²) in [5.74, 6) is -1.01. The van der Waals surface area contributed by atoms with Crippen LogP contribution in [0.1, 0.15) is 15.9 Å². The molecule has 0 atom stereocenters. The summed E-state index contributed by atoms with van der Waals surface area (Å²) in [7, 11) is 0. The highest BCUT2D eigenvalue weighted by molar-refractivity contribution is 9.10. The van der Waals surface area contributed by atoms with Gasteiger partial charge in [-0.2, -0.15) is 0 Å². The van der Waals surface area contributed by atoms with Crippen molar-refractivity contribution in [2.24, 2.45) is 0 Å². The van der Waals surface area contributed by atoms with Gasteiger partial charge in [-0.15, -0.1) is 0 Å². The number of rotatable bonds is 3. The lowest BCUT2D eigenvalue weighted by Gasteiger charge is -2.09. The Kier molecular flexibility index (Phi) is 4.06. The van der Waals surface area contributed by atoms with Crippen molar-refractivity contribution >= 4 is 21.8 Å². The zero-order valence-corrected chi connectivity index (χ0v) is 11.5. The van der Waals surface area contributed by atoms with Crippen molar-refractivity contribution in [2.75, 3.05) is 0 Å². The molecule has 2 aromatic rings. The van der Waals surface area contributed by atoms with Crippen LogP contribution in [0.3, 0.4) is 0 Å². The lowest BCUT2D eigenvalue weighted by molar-refractivity contribution is 0.0945. The smallest absolute Gasteiger partial charge is 0.259 e. The molecular weight excluding hydrogens is 310 g/mol. The van der Waals surface area contributed by atoms with Gasteiger partial charge in [0.15, 0.2) is 0 Å². The molecule has 0 heterocycles. The number of phenols is 2. The lowest BCUT2D eigenvalue weighted by atomic mass is 10.1. The first kappa shape index (κ1) is 13.4. The van der Waals surface area contributed by atoms with Crippen LogP contribution in [-0.2, 0) is 6.54 Å². The van der Waals surface area contributed by atoms with E-state index in [1.165, 1.54) is 18.2 Å². The second-order valence-corrected chi connectivity index (χ2v) is 4.80. The molecule has 5 heteroatoms. The maximum Gasteiger partial charge on any atom is 0.259 e. The Bertz CT molecular complexity index is 593. The van der Waals surface area contributed by atoms with E-state index in [-0.39, 0.29) is 17.1 Å². The fourth-order valence-corrected chi connectivity index (χ4v) is 2.09. The van der Waals surface area contributed by atoms with Gasteiger partial charge in [0.1, 0.15) is 17.1 Å². The Morgan fingerprint density at radius 1 is 1.05 bits per heavy atom. The summed E-state index contributed by atoms with van der Waals surface area (Å²) in [6.07, 6.45) is 0. The molecule has 0 saturated carbocycles. The van der Waals surface area contributed by atoms with E-state index in [0.717, 1.165) is 10.0 Å². The Morgan fingerprint density at radius 2 is 1.68 bits per heavy atom. The molecule has 2 rings (SSSR count). The van der Waals surface area contributed by atoms with Gasteiger partial charge < -0.3 is 15.5 Å². The molecular formula is C14H12BrNO3. The van der Waals surface area contributed by atoms with Gasteiger partial charge in [0.25, 0.3) is 5.91 Å². The molecule has 0 bridgehead atoms. The number of benzene rings is 2. The van der Waals surface area contributed by atoms with Gasteiger partial charge in [-0.05, 0) is 23.8 Å². The number of phenolic OH excluding ortho intramolecular Hbond substituents is 2. The molecule has 0 radical (unpaired) electrons. The van der Waals surface area contributed by atoms with Crippen molar-refractivity contribution in [3.63, 3.8) is 0 Å². The molecule has 0 unspecified atom stereocenters. The van der Waals surface area contributed by atoms with E-state index in [0.29, 0.717) is 6.54 Å². The quantitative estimate of drug-likeness (QED) is 0.814. The van der Waals surface area contributed by atoms with Crippen LogP contribution in [0.15, 0.2) is 46.9 Å². The van der Waals surface area contributed by atoms with Crippen LogP contribution in [-0.4, -0.2) is 16.1 Å². The van der Waals surface area contributed by atoms with E-state index in [2.05, 4.69) is 21.2 Å². The average molecular weight is 322 g/mol. The minimum atomic E-state index is -0.522. The highest BCUT2D eigenvalue weighted by Gasteiger charge is 2.15. The first-order valence-corrected chi connectivity index (χ1v) is 6.41. The molecule has 98 valence electrons. The summed E-state index contributed by atoms with van der Waals surface area (Å²) < 4.78 is 0.886. The number of hydrogen-bond acceptors (Lipinski definition) is 3. The second-order valence-electron chi connectivity index (χ2n) is 3.95. The summed E-state index contributed by atoms with van der Waals surface area (Å²) in [5.41, 5.74) is 0.792. The third-order valence-corrected chi connectivity index (χ3v) is 3.42. The Balaban J connectivity index is 2.13. The number of hydrogen-bond donors (Lipinski definition) is 3. The predicted molar refractivity (Wildman–Crippen MR) is 75.1 cm³/mol. The van der Waals surface area contributed by atoms with Crippen LogP contribution in [0.5, 0.6) is 11.5 Å². The molecule has 0 aromatic heterocycles. The monoisotopic (exact) mass is 321 g/mol. The topological polar surface area (TPSA) is 69.6 Å². The van der Waals surface area contributed by atoms with Crippen molar-refractivity contribution in [1.82, 2.24) is 5.32 Å². The average Bonchev–Trinajstić information content (AvgIpc) is 2.37. The van der Waals surface area contributed by atoms with Crippen LogP contribution in [0, 0.1) is 0 Å². The highest BCUT2D eigenvalue weighted by Crippen LogP contribution is 2.26. The molecule has 0 spiro atoms. The number of aromatic hydroxyl groups is 2. The van der Waals surface area contributed by atoms with E-state index in [9.17, 15) is 15.0 Å². The SMILES string of the molecule is O=C(NCc1ccccc1Br)c1c(O)cccc1O. The zero-order chi connectivity index (χ0) is 13.8. The molecule has 0 saturated heterocycles. The molecule has 19 heavy (non-hydrogen) atoms. The van der Waals surface area contributed by atoms with Gasteiger partial charge in [-0.25, -0.2) is 0 Å². The molecule has 2 aromatic carbocycles. The van der Waals surface area contributed by atoms with Crippen molar-refractivity contribution in [2.45, 2.75) is 6.54 Å². The van der Waals surface area contributed by atoms with Crippen molar-refractivity contribution in [3.8, 4) is 11.5 Å². The Morgan fingerprint density at radius 3 is 2.32 bits per heavy atom. The number of halogens is 1. The highest BCUT2D eigenvalue weighted by atomic mass is 79.9. The van der Waals surface area contributed by atoms with Gasteiger partial charge in [0.2, 0.25) is 0 Å². The molecule has 4 nitrogen and oxygen atoms in total. The standard InChI is InChI=1S/C14H12BrNO3/c15-10-5-2-1-4-9(10)8-16-14(19)13-11(17)6-3-7-12(13)18/h1-7,17-18H,8H2,(H,16,19). The summed E-state index contributed by atoms with van der Waals surface area (Å²) in [5, 5.41) is 21.8. The minimum absolute atomic E-state index is 0.116. The van der Waals surface area contributed by atoms with Gasteiger partial charge in [-0.3, -0.25) is 4.79 Å². The van der Waals surface area contributed by atoms with E-state index in [1.807, 2.05) is 24.3 Å². The Labute approximate surface area is 118 Å². The number of carbonyl (C=O) groups excluding carboxylic acids is 1. The van der Waals surface area contributed by atoms with Crippen molar-refractivity contribution in [3.05, 3.63) is 58.1 Å². The molecule has 0 aliphatic carbocycles. The summed E-state index contributed by atoms with van der Waals surface area (Å²) >= 11 is 3.38. The normalized spacial score (nSPS) is 10.2. The number of nitrogens with one attached hydrogen (secondary N) is 1. The van der Waals surface area contributed by atoms with E-state index >= 15 is 0 Å². The van der Waals surface area contributed by atoms with Crippen LogP contribution in [0.2, 0.25) is 0 Å². The van der Waals surface area contributed by atoms with Gasteiger partial charge >= 0.3 is 0 Å². The maximum absolute atomic E-state index is 11.9. The van der Waals surface area contributed by atoms with E-state index in [1.54, 1.807) is 0 Å². The molecule has 0 aliphatic rings. The van der Waals surface area contributed by atoms with Crippen LogP contribution < -0.4 is 5.32 Å². The predicted octanol–water partition coefficient (Wildman–Crippen LogP) is 2.79. The third-order valence-electron chi connectivity index (χ3n) is 2.64. The van der Waals surface area contributed by atoms with Crippen molar-refractivity contribution < 1.29 is 15.0 Å². The van der Waals surface area contributed by atoms with Crippen LogP contribution in [0.4, 0.5) is 0 Å². The minimum Gasteiger partial charge on any atom is -0.507 e. The molecule has 0 fully saturated rings. The first-order valence-electron chi connectivity index (χ1n) is 5.62. The van der Waals surface area contributed by atoms with Gasteiger partial charge in [-0.1, -0.05) is 40.2 Å². The summed E-state index contributed by atoms with van der Waals surface area (Å²) in [4.78, 5) is 11.9. The van der Waals surface area contributed by atoms with Gasteiger partial charge in [0, 0.05) is 11.0 Å². The van der Waals surface area contributed by atoms with E-state index in [4.69, 9.17) is 0 Å². The number of carbonyl (C=O) groups is 1. The lowest BCUT2D eigenvalue weighted by Crippen LogP contribution is -2.23. The first-order chi connectivity index (χ1) is 9.09. The summed E-state index contributed by atoms with van der Waals surface area (Å²) in [6.45, 7) is 0.300. The molecule has 1 amide bonds. The third kappa shape index (κ3) is 3.06. The fourth-order valence-electron chi connectivity index (χ4n) is 1.67. The molecule has 3 N–H and O–H groups in total. The summed E-state index contributed by atoms with van der Waals surface area (Å²) in [6, 6.07) is 11.7.